The maximum absolute atomic E-state index is 10.3. The van der Waals surface area contributed by atoms with Gasteiger partial charge in [-0.2, -0.15) is 0 Å². The number of fused-ring (bicyclic) bond motifs is 1. The first-order valence-electron chi connectivity index (χ1n) is 8.02. The van der Waals surface area contributed by atoms with Gasteiger partial charge in [-0.05, 0) is 31.0 Å². The van der Waals surface area contributed by atoms with Crippen LogP contribution >= 0.6 is 0 Å². The van der Waals surface area contributed by atoms with Crippen LogP contribution in [0.2, 0.25) is 0 Å². The lowest BCUT2D eigenvalue weighted by molar-refractivity contribution is 0.258. The highest BCUT2D eigenvalue weighted by Crippen LogP contribution is 2.41. The van der Waals surface area contributed by atoms with E-state index in [1.54, 1.807) is 18.2 Å². The summed E-state index contributed by atoms with van der Waals surface area (Å²) >= 11 is 0. The largest absolute Gasteiger partial charge is 0.508 e. The zero-order valence-corrected chi connectivity index (χ0v) is 13.9. The molecule has 3 rings (SSSR count). The Kier molecular flexibility index (Phi) is 4.14. The van der Waals surface area contributed by atoms with Crippen LogP contribution in [-0.2, 0) is 6.42 Å². The van der Waals surface area contributed by atoms with E-state index < -0.39 is 0 Å². The van der Waals surface area contributed by atoms with Crippen molar-refractivity contribution in [3.63, 3.8) is 0 Å². The van der Waals surface area contributed by atoms with Crippen LogP contribution in [0.3, 0.4) is 0 Å². The minimum absolute atomic E-state index is 0.00405. The van der Waals surface area contributed by atoms with Gasteiger partial charge in [0.15, 0.2) is 0 Å². The Hall–Kier alpha value is -2.62. The molecule has 3 N–H and O–H groups in total. The van der Waals surface area contributed by atoms with Crippen LogP contribution in [0, 0.1) is 0 Å². The minimum Gasteiger partial charge on any atom is -0.508 e. The fraction of sp³-hybridized carbons (Fsp3) is 0.300. The summed E-state index contributed by atoms with van der Waals surface area (Å²) in [6.45, 7) is 8.34. The average molecular weight is 326 g/mol. The Balaban J connectivity index is 1.95. The molecule has 4 heteroatoms. The number of phenols is 3. The average Bonchev–Trinajstić information content (AvgIpc) is 2.53. The molecule has 0 saturated carbocycles. The van der Waals surface area contributed by atoms with Gasteiger partial charge in [-0.1, -0.05) is 25.1 Å². The molecule has 0 bridgehead atoms. The smallest absolute Gasteiger partial charge is 0.126 e. The summed E-state index contributed by atoms with van der Waals surface area (Å²) in [5.41, 5.74) is 3.57. The van der Waals surface area contributed by atoms with Crippen molar-refractivity contribution in [1.82, 2.24) is 0 Å². The van der Waals surface area contributed by atoms with Gasteiger partial charge in [-0.3, -0.25) is 0 Å². The van der Waals surface area contributed by atoms with Crippen LogP contribution in [-0.4, -0.2) is 21.9 Å². The number of aromatic hydroxyl groups is 3. The van der Waals surface area contributed by atoms with Crippen LogP contribution in [0.5, 0.6) is 23.0 Å². The Bertz CT molecular complexity index is 794. The lowest BCUT2D eigenvalue weighted by atomic mass is 9.86. The molecule has 1 aliphatic rings. The summed E-state index contributed by atoms with van der Waals surface area (Å²) in [5, 5.41) is 29.8. The second-order valence-electron chi connectivity index (χ2n) is 6.54. The quantitative estimate of drug-likeness (QED) is 0.739. The SMILES string of the molecule is C=C(C)C(C)c1cc2c(cc1O)OCC(c1ccc(O)cc1O)C2. The topological polar surface area (TPSA) is 69.9 Å². The summed E-state index contributed by atoms with van der Waals surface area (Å²) in [6.07, 6.45) is 0.698. The van der Waals surface area contributed by atoms with Gasteiger partial charge in [0.2, 0.25) is 0 Å². The second kappa shape index (κ2) is 6.11. The van der Waals surface area contributed by atoms with Crippen molar-refractivity contribution in [3.8, 4) is 23.0 Å². The van der Waals surface area contributed by atoms with Gasteiger partial charge in [-0.15, -0.1) is 0 Å². The minimum atomic E-state index is -0.00405. The highest BCUT2D eigenvalue weighted by atomic mass is 16.5. The van der Waals surface area contributed by atoms with Crippen LogP contribution in [0.4, 0.5) is 0 Å². The molecular weight excluding hydrogens is 304 g/mol. The van der Waals surface area contributed by atoms with Crippen molar-refractivity contribution in [2.75, 3.05) is 6.61 Å². The molecule has 126 valence electrons. The van der Waals surface area contributed by atoms with Crippen molar-refractivity contribution in [2.45, 2.75) is 32.1 Å². The molecule has 2 aromatic carbocycles. The number of hydrogen-bond donors (Lipinski definition) is 3. The standard InChI is InChI=1S/C20H22O4/c1-11(2)12(3)17-7-13-6-14(10-24-20(13)9-19(17)23)16-5-4-15(21)8-18(16)22/h4-5,7-9,12,14,21-23H,1,6,10H2,2-3H3. The zero-order chi connectivity index (χ0) is 17.4. The Morgan fingerprint density at radius 2 is 1.92 bits per heavy atom. The van der Waals surface area contributed by atoms with Gasteiger partial charge in [0.1, 0.15) is 23.0 Å². The van der Waals surface area contributed by atoms with Crippen LogP contribution in [0.15, 0.2) is 42.5 Å². The van der Waals surface area contributed by atoms with Gasteiger partial charge in [0.25, 0.3) is 0 Å². The predicted molar refractivity (Wildman–Crippen MR) is 93.0 cm³/mol. The van der Waals surface area contributed by atoms with Crippen molar-refractivity contribution in [1.29, 1.82) is 0 Å². The number of hydrogen-bond acceptors (Lipinski definition) is 4. The highest BCUT2D eigenvalue weighted by molar-refractivity contribution is 5.51. The molecule has 2 unspecified atom stereocenters. The number of allylic oxidation sites excluding steroid dienone is 1. The summed E-state index contributed by atoms with van der Waals surface area (Å²) < 4.78 is 5.80. The summed E-state index contributed by atoms with van der Waals surface area (Å²) in [4.78, 5) is 0. The van der Waals surface area contributed by atoms with Crippen molar-refractivity contribution in [2.24, 2.45) is 0 Å². The monoisotopic (exact) mass is 326 g/mol. The second-order valence-corrected chi connectivity index (χ2v) is 6.54. The van der Waals surface area contributed by atoms with E-state index >= 15 is 0 Å². The van der Waals surface area contributed by atoms with Crippen molar-refractivity contribution < 1.29 is 20.1 Å². The molecule has 4 nitrogen and oxygen atoms in total. The maximum atomic E-state index is 10.3. The Labute approximate surface area is 141 Å². The molecule has 0 saturated heterocycles. The molecule has 0 aliphatic carbocycles. The van der Waals surface area contributed by atoms with Gasteiger partial charge >= 0.3 is 0 Å². The zero-order valence-electron chi connectivity index (χ0n) is 13.9. The number of rotatable bonds is 3. The van der Waals surface area contributed by atoms with E-state index in [2.05, 4.69) is 6.58 Å². The normalized spacial score (nSPS) is 17.7. The summed E-state index contributed by atoms with van der Waals surface area (Å²) in [7, 11) is 0. The first-order chi connectivity index (χ1) is 11.4. The molecule has 0 fully saturated rings. The van der Waals surface area contributed by atoms with Crippen LogP contribution < -0.4 is 4.74 Å². The lowest BCUT2D eigenvalue weighted by Gasteiger charge is -2.27. The summed E-state index contributed by atoms with van der Waals surface area (Å²) in [5.74, 6) is 1.06. The fourth-order valence-electron chi connectivity index (χ4n) is 3.13. The Morgan fingerprint density at radius 1 is 1.17 bits per heavy atom. The molecule has 0 aromatic heterocycles. The van der Waals surface area contributed by atoms with E-state index in [0.717, 1.165) is 22.3 Å². The highest BCUT2D eigenvalue weighted by Gasteiger charge is 2.26. The van der Waals surface area contributed by atoms with Gasteiger partial charge in [0.05, 0.1) is 6.61 Å². The molecule has 1 aliphatic heterocycles. The molecule has 0 radical (unpaired) electrons. The van der Waals surface area contributed by atoms with Crippen LogP contribution in [0.1, 0.15) is 42.4 Å². The molecule has 24 heavy (non-hydrogen) atoms. The molecule has 1 heterocycles. The number of ether oxygens (including phenoxy) is 1. The molecule has 0 amide bonds. The fourth-order valence-corrected chi connectivity index (χ4v) is 3.13. The van der Waals surface area contributed by atoms with Crippen LogP contribution in [0.25, 0.3) is 0 Å². The molecule has 0 spiro atoms. The number of benzene rings is 2. The molecule has 2 atom stereocenters. The third-order valence-electron chi connectivity index (χ3n) is 4.78. The van der Waals surface area contributed by atoms with Gasteiger partial charge < -0.3 is 20.1 Å². The first kappa shape index (κ1) is 16.2. The van der Waals surface area contributed by atoms with E-state index in [-0.39, 0.29) is 29.1 Å². The van der Waals surface area contributed by atoms with E-state index in [9.17, 15) is 15.3 Å². The van der Waals surface area contributed by atoms with E-state index in [1.165, 1.54) is 6.07 Å². The third kappa shape index (κ3) is 2.92. The lowest BCUT2D eigenvalue weighted by Crippen LogP contribution is -2.19. The van der Waals surface area contributed by atoms with Crippen molar-refractivity contribution >= 4 is 0 Å². The van der Waals surface area contributed by atoms with Gasteiger partial charge in [0, 0.05) is 35.1 Å². The Morgan fingerprint density at radius 3 is 2.58 bits per heavy atom. The number of phenolic OH excluding ortho intramolecular Hbond substituents is 3. The molecule has 2 aromatic rings. The summed E-state index contributed by atoms with van der Waals surface area (Å²) in [6, 6.07) is 8.26. The van der Waals surface area contributed by atoms with E-state index in [1.807, 2.05) is 19.9 Å². The third-order valence-corrected chi connectivity index (χ3v) is 4.78. The predicted octanol–water partition coefficient (Wildman–Crippen LogP) is 4.20. The first-order valence-corrected chi connectivity index (χ1v) is 8.02. The molecular formula is C20H22O4. The van der Waals surface area contributed by atoms with Gasteiger partial charge in [-0.25, -0.2) is 0 Å². The van der Waals surface area contributed by atoms with E-state index in [0.29, 0.717) is 18.8 Å². The van der Waals surface area contributed by atoms with Crippen molar-refractivity contribution in [3.05, 3.63) is 59.2 Å². The maximum Gasteiger partial charge on any atom is 0.126 e. The van der Waals surface area contributed by atoms with E-state index in [4.69, 9.17) is 4.74 Å².